The zero-order valence-corrected chi connectivity index (χ0v) is 16.1. The Kier molecular flexibility index (Phi) is 5.40. The van der Waals surface area contributed by atoms with Crippen LogP contribution in [0.15, 0.2) is 72.9 Å². The van der Waals surface area contributed by atoms with Gasteiger partial charge in [-0.15, -0.1) is 0 Å². The number of ether oxygens (including phenoxy) is 1. The van der Waals surface area contributed by atoms with Crippen LogP contribution in [0.25, 0.3) is 21.7 Å². The lowest BCUT2D eigenvalue weighted by molar-refractivity contribution is 0.0845. The zero-order chi connectivity index (χ0) is 20.2. The lowest BCUT2D eigenvalue weighted by Crippen LogP contribution is -2.35. The van der Waals surface area contributed by atoms with Gasteiger partial charge in [-0.3, -0.25) is 9.78 Å². The van der Waals surface area contributed by atoms with E-state index in [4.69, 9.17) is 4.74 Å². The number of pyridine rings is 1. The number of amides is 1. The van der Waals surface area contributed by atoms with Crippen LogP contribution < -0.4 is 10.1 Å². The van der Waals surface area contributed by atoms with E-state index < -0.39 is 6.10 Å². The van der Waals surface area contributed by atoms with Gasteiger partial charge in [0.15, 0.2) is 0 Å². The van der Waals surface area contributed by atoms with Crippen LogP contribution in [0, 0.1) is 6.92 Å². The van der Waals surface area contributed by atoms with Crippen molar-refractivity contribution in [3.8, 4) is 5.75 Å². The summed E-state index contributed by atoms with van der Waals surface area (Å²) in [5.74, 6) is 0.425. The normalized spacial score (nSPS) is 12.1. The van der Waals surface area contributed by atoms with Crippen LogP contribution in [-0.2, 0) is 0 Å². The molecule has 5 heteroatoms. The van der Waals surface area contributed by atoms with Gasteiger partial charge in [0.1, 0.15) is 18.5 Å². The molecular weight excluding hydrogens is 364 g/mol. The summed E-state index contributed by atoms with van der Waals surface area (Å²) >= 11 is 0. The number of nitrogens with zero attached hydrogens (tertiary/aromatic N) is 1. The van der Waals surface area contributed by atoms with Crippen molar-refractivity contribution < 1.29 is 14.6 Å². The molecule has 0 spiro atoms. The number of carbonyl (C=O) groups is 1. The highest BCUT2D eigenvalue weighted by atomic mass is 16.5. The largest absolute Gasteiger partial charge is 0.491 e. The first-order valence-electron chi connectivity index (χ1n) is 9.54. The molecule has 0 aliphatic heterocycles. The molecule has 1 heterocycles. The van der Waals surface area contributed by atoms with Crippen molar-refractivity contribution in [3.63, 3.8) is 0 Å². The second-order valence-corrected chi connectivity index (χ2v) is 7.04. The number of nitrogens with one attached hydrogen (secondary N) is 1. The summed E-state index contributed by atoms with van der Waals surface area (Å²) < 4.78 is 5.60. The first-order valence-corrected chi connectivity index (χ1v) is 9.54. The van der Waals surface area contributed by atoms with Gasteiger partial charge >= 0.3 is 0 Å². The van der Waals surface area contributed by atoms with E-state index in [1.54, 1.807) is 6.20 Å². The monoisotopic (exact) mass is 386 g/mol. The highest BCUT2D eigenvalue weighted by Crippen LogP contribution is 2.27. The van der Waals surface area contributed by atoms with Gasteiger partial charge in [-0.25, -0.2) is 0 Å². The number of aliphatic hydroxyl groups excluding tert-OH is 1. The molecule has 4 rings (SSSR count). The Labute approximate surface area is 169 Å². The fraction of sp³-hybridized carbons (Fsp3) is 0.167. The molecule has 4 aromatic rings. The highest BCUT2D eigenvalue weighted by molar-refractivity contribution is 6.15. The molecule has 0 aliphatic rings. The molecule has 0 saturated carbocycles. The van der Waals surface area contributed by atoms with E-state index in [0.717, 1.165) is 21.7 Å². The summed E-state index contributed by atoms with van der Waals surface area (Å²) in [5.41, 5.74) is 2.22. The van der Waals surface area contributed by atoms with Gasteiger partial charge in [-0.05, 0) is 47.5 Å². The second-order valence-electron chi connectivity index (χ2n) is 7.04. The standard InChI is InChI=1S/C24H22N2O3/c1-16-6-4-8-19(12-16)29-15-18(27)14-26-24(28)22-13-17-7-2-3-9-20(17)21-10-5-11-25-23(21)22/h2-13,18,27H,14-15H2,1H3,(H,26,28). The summed E-state index contributed by atoms with van der Waals surface area (Å²) in [6, 6.07) is 21.2. The molecule has 5 nitrogen and oxygen atoms in total. The van der Waals surface area contributed by atoms with Gasteiger partial charge in [0.25, 0.3) is 5.91 Å². The predicted molar refractivity (Wildman–Crippen MR) is 114 cm³/mol. The third kappa shape index (κ3) is 4.20. The van der Waals surface area contributed by atoms with E-state index in [0.29, 0.717) is 16.8 Å². The molecule has 0 aliphatic carbocycles. The number of carbonyl (C=O) groups excluding carboxylic acids is 1. The maximum atomic E-state index is 12.8. The first-order chi connectivity index (χ1) is 14.1. The maximum Gasteiger partial charge on any atom is 0.253 e. The molecule has 1 amide bonds. The van der Waals surface area contributed by atoms with Crippen molar-refractivity contribution >= 4 is 27.6 Å². The number of rotatable bonds is 6. The number of aryl methyl sites for hydroxylation is 1. The van der Waals surface area contributed by atoms with Crippen LogP contribution in [-0.4, -0.2) is 35.3 Å². The molecule has 1 unspecified atom stereocenters. The van der Waals surface area contributed by atoms with E-state index >= 15 is 0 Å². The van der Waals surface area contributed by atoms with Crippen LogP contribution in [0.3, 0.4) is 0 Å². The third-order valence-corrected chi connectivity index (χ3v) is 4.79. The molecule has 0 fully saturated rings. The minimum atomic E-state index is -0.820. The van der Waals surface area contributed by atoms with Crippen LogP contribution >= 0.6 is 0 Å². The summed E-state index contributed by atoms with van der Waals surface area (Å²) in [4.78, 5) is 17.2. The minimum Gasteiger partial charge on any atom is -0.491 e. The van der Waals surface area contributed by atoms with Crippen molar-refractivity contribution in [2.75, 3.05) is 13.2 Å². The minimum absolute atomic E-state index is 0.0891. The summed E-state index contributed by atoms with van der Waals surface area (Å²) in [7, 11) is 0. The fourth-order valence-electron chi connectivity index (χ4n) is 3.36. The van der Waals surface area contributed by atoms with Gasteiger partial charge in [0.05, 0.1) is 11.1 Å². The van der Waals surface area contributed by atoms with Gasteiger partial charge in [0, 0.05) is 18.1 Å². The Balaban J connectivity index is 1.47. The average molecular weight is 386 g/mol. The lowest BCUT2D eigenvalue weighted by Gasteiger charge is -2.14. The van der Waals surface area contributed by atoms with Gasteiger partial charge in [-0.1, -0.05) is 42.5 Å². The topological polar surface area (TPSA) is 71.5 Å². The number of aromatic nitrogens is 1. The number of benzene rings is 3. The van der Waals surface area contributed by atoms with E-state index in [1.165, 1.54) is 0 Å². The van der Waals surface area contributed by atoms with Gasteiger partial charge < -0.3 is 15.2 Å². The van der Waals surface area contributed by atoms with Gasteiger partial charge in [-0.2, -0.15) is 0 Å². The number of aliphatic hydroxyl groups is 1. The van der Waals surface area contributed by atoms with E-state index in [-0.39, 0.29) is 19.1 Å². The van der Waals surface area contributed by atoms with Crippen molar-refractivity contribution in [1.29, 1.82) is 0 Å². The fourth-order valence-corrected chi connectivity index (χ4v) is 3.36. The van der Waals surface area contributed by atoms with Crippen LogP contribution in [0.4, 0.5) is 0 Å². The van der Waals surface area contributed by atoms with Crippen molar-refractivity contribution in [1.82, 2.24) is 10.3 Å². The number of fused-ring (bicyclic) bond motifs is 3. The van der Waals surface area contributed by atoms with Crippen molar-refractivity contribution in [3.05, 3.63) is 84.1 Å². The molecule has 0 radical (unpaired) electrons. The van der Waals surface area contributed by atoms with Crippen molar-refractivity contribution in [2.45, 2.75) is 13.0 Å². The molecule has 0 saturated heterocycles. The SMILES string of the molecule is Cc1cccc(OCC(O)CNC(=O)c2cc3ccccc3c3cccnc23)c1. The Morgan fingerprint density at radius 1 is 1.07 bits per heavy atom. The summed E-state index contributed by atoms with van der Waals surface area (Å²) in [6.45, 7) is 2.16. The number of hydrogen-bond donors (Lipinski definition) is 2. The van der Waals surface area contributed by atoms with Crippen LogP contribution in [0.1, 0.15) is 15.9 Å². The van der Waals surface area contributed by atoms with Crippen molar-refractivity contribution in [2.24, 2.45) is 0 Å². The van der Waals surface area contributed by atoms with Crippen LogP contribution in [0.5, 0.6) is 5.75 Å². The Morgan fingerprint density at radius 3 is 2.76 bits per heavy atom. The molecule has 3 aromatic carbocycles. The molecule has 29 heavy (non-hydrogen) atoms. The zero-order valence-electron chi connectivity index (χ0n) is 16.1. The predicted octanol–water partition coefficient (Wildman–Crippen LogP) is 3.87. The summed E-state index contributed by atoms with van der Waals surface area (Å²) in [6.07, 6.45) is 0.859. The Morgan fingerprint density at radius 2 is 1.90 bits per heavy atom. The molecule has 146 valence electrons. The molecule has 0 bridgehead atoms. The quantitative estimate of drug-likeness (QED) is 0.494. The van der Waals surface area contributed by atoms with Gasteiger partial charge in [0.2, 0.25) is 0 Å². The first kappa shape index (κ1) is 18.9. The molecule has 1 aromatic heterocycles. The molecule has 1 atom stereocenters. The smallest absolute Gasteiger partial charge is 0.253 e. The summed E-state index contributed by atoms with van der Waals surface area (Å²) in [5, 5.41) is 16.0. The maximum absolute atomic E-state index is 12.8. The molecular formula is C24H22N2O3. The number of hydrogen-bond acceptors (Lipinski definition) is 4. The lowest BCUT2D eigenvalue weighted by atomic mass is 10.0. The van der Waals surface area contributed by atoms with E-state index in [2.05, 4.69) is 10.3 Å². The second kappa shape index (κ2) is 8.29. The third-order valence-electron chi connectivity index (χ3n) is 4.79. The Bertz CT molecular complexity index is 1170. The van der Waals surface area contributed by atoms with Crippen LogP contribution in [0.2, 0.25) is 0 Å². The van der Waals surface area contributed by atoms with E-state index in [9.17, 15) is 9.90 Å². The molecule has 2 N–H and O–H groups in total. The Hall–Kier alpha value is -3.44. The van der Waals surface area contributed by atoms with E-state index in [1.807, 2.05) is 73.7 Å². The average Bonchev–Trinajstić information content (AvgIpc) is 2.75. The highest BCUT2D eigenvalue weighted by Gasteiger charge is 2.15.